The van der Waals surface area contributed by atoms with Gasteiger partial charge >= 0.3 is 0 Å². The first kappa shape index (κ1) is 14.9. The number of ether oxygens (including phenoxy) is 1. The van der Waals surface area contributed by atoms with E-state index in [1.165, 1.54) is 12.0 Å². The molecular weight excluding hydrogens is 282 g/mol. The number of nitrogens with one attached hydrogen (secondary N) is 1. The molecule has 0 aromatic heterocycles. The first-order chi connectivity index (χ1) is 10.2. The number of thioether (sulfide) groups is 1. The van der Waals surface area contributed by atoms with Gasteiger partial charge in [0.15, 0.2) is 0 Å². The summed E-state index contributed by atoms with van der Waals surface area (Å²) in [5.41, 5.74) is 1.22. The van der Waals surface area contributed by atoms with Crippen LogP contribution < -0.4 is 5.32 Å². The fourth-order valence-electron chi connectivity index (χ4n) is 3.26. The van der Waals surface area contributed by atoms with Crippen LogP contribution in [0, 0.1) is 5.92 Å². The molecule has 1 aromatic carbocycles. The number of rotatable bonds is 5. The van der Waals surface area contributed by atoms with Crippen LogP contribution in [0.5, 0.6) is 0 Å². The van der Waals surface area contributed by atoms with Gasteiger partial charge in [-0.25, -0.2) is 0 Å². The second kappa shape index (κ2) is 6.41. The zero-order valence-electron chi connectivity index (χ0n) is 12.5. The SMILES string of the molecule is CSC1(C(=O)NC[C@@H]2CCO[C@H]2c2ccccc2)CCC1. The average Bonchev–Trinajstić information content (AvgIpc) is 2.94. The fourth-order valence-corrected chi connectivity index (χ4v) is 4.22. The predicted octanol–water partition coefficient (Wildman–Crippen LogP) is 3.17. The summed E-state index contributed by atoms with van der Waals surface area (Å²) < 4.78 is 5.73. The Morgan fingerprint density at radius 1 is 1.38 bits per heavy atom. The van der Waals surface area contributed by atoms with E-state index in [4.69, 9.17) is 4.74 Å². The van der Waals surface area contributed by atoms with Crippen LogP contribution >= 0.6 is 11.8 Å². The number of hydrogen-bond donors (Lipinski definition) is 1. The molecule has 3 rings (SSSR count). The van der Waals surface area contributed by atoms with Crippen LogP contribution in [0.3, 0.4) is 0 Å². The Balaban J connectivity index is 1.58. The van der Waals surface area contributed by atoms with Crippen LogP contribution in [0.15, 0.2) is 30.3 Å². The van der Waals surface area contributed by atoms with Crippen molar-refractivity contribution in [2.75, 3.05) is 19.4 Å². The lowest BCUT2D eigenvalue weighted by atomic mass is 9.83. The Hall–Kier alpha value is -1.00. The highest BCUT2D eigenvalue weighted by atomic mass is 32.2. The van der Waals surface area contributed by atoms with E-state index in [0.717, 1.165) is 32.4 Å². The summed E-state index contributed by atoms with van der Waals surface area (Å²) in [6.07, 6.45) is 6.40. The summed E-state index contributed by atoms with van der Waals surface area (Å²) in [6, 6.07) is 10.3. The Bertz CT molecular complexity index is 481. The molecular formula is C17H23NO2S. The second-order valence-electron chi connectivity index (χ2n) is 6.01. The molecule has 1 amide bonds. The molecule has 1 aliphatic heterocycles. The zero-order chi connectivity index (χ0) is 14.7. The van der Waals surface area contributed by atoms with Gasteiger partial charge in [-0.1, -0.05) is 30.3 Å². The summed E-state index contributed by atoms with van der Waals surface area (Å²) in [4.78, 5) is 12.4. The van der Waals surface area contributed by atoms with E-state index in [-0.39, 0.29) is 16.8 Å². The molecule has 0 radical (unpaired) electrons. The lowest BCUT2D eigenvalue weighted by Crippen LogP contribution is -2.50. The molecule has 1 aliphatic carbocycles. The maximum atomic E-state index is 12.4. The summed E-state index contributed by atoms with van der Waals surface area (Å²) in [7, 11) is 0. The van der Waals surface area contributed by atoms with Gasteiger partial charge in [-0.2, -0.15) is 0 Å². The van der Waals surface area contributed by atoms with E-state index < -0.39 is 0 Å². The Morgan fingerprint density at radius 2 is 2.14 bits per heavy atom. The third kappa shape index (κ3) is 2.97. The molecule has 2 aliphatic rings. The second-order valence-corrected chi connectivity index (χ2v) is 7.20. The Morgan fingerprint density at radius 3 is 2.76 bits per heavy atom. The summed E-state index contributed by atoms with van der Waals surface area (Å²) >= 11 is 1.70. The molecule has 3 nitrogen and oxygen atoms in total. The van der Waals surface area contributed by atoms with Crippen LogP contribution in [0.4, 0.5) is 0 Å². The van der Waals surface area contributed by atoms with Crippen molar-refractivity contribution < 1.29 is 9.53 Å². The molecule has 1 saturated heterocycles. The van der Waals surface area contributed by atoms with Crippen LogP contribution in [0.25, 0.3) is 0 Å². The highest BCUT2D eigenvalue weighted by Crippen LogP contribution is 2.43. The van der Waals surface area contributed by atoms with Crippen molar-refractivity contribution in [3.8, 4) is 0 Å². The van der Waals surface area contributed by atoms with Crippen molar-refractivity contribution >= 4 is 17.7 Å². The fraction of sp³-hybridized carbons (Fsp3) is 0.588. The first-order valence-corrected chi connectivity index (χ1v) is 8.98. The normalized spacial score (nSPS) is 27.1. The van der Waals surface area contributed by atoms with Gasteiger partial charge in [0.05, 0.1) is 10.9 Å². The molecule has 0 unspecified atom stereocenters. The zero-order valence-corrected chi connectivity index (χ0v) is 13.3. The molecule has 2 fully saturated rings. The third-order valence-corrected chi connectivity index (χ3v) is 6.21. The smallest absolute Gasteiger partial charge is 0.236 e. The van der Waals surface area contributed by atoms with Crippen molar-refractivity contribution in [2.24, 2.45) is 5.92 Å². The third-order valence-electron chi connectivity index (χ3n) is 4.83. The van der Waals surface area contributed by atoms with Crippen molar-refractivity contribution in [1.82, 2.24) is 5.32 Å². The molecule has 0 spiro atoms. The summed E-state index contributed by atoms with van der Waals surface area (Å²) in [5.74, 6) is 0.607. The van der Waals surface area contributed by atoms with Gasteiger partial charge in [0.2, 0.25) is 5.91 Å². The van der Waals surface area contributed by atoms with Gasteiger partial charge in [-0.3, -0.25) is 4.79 Å². The van der Waals surface area contributed by atoms with E-state index in [2.05, 4.69) is 17.4 Å². The minimum atomic E-state index is -0.151. The van der Waals surface area contributed by atoms with Gasteiger partial charge in [-0.05, 0) is 37.5 Å². The van der Waals surface area contributed by atoms with Gasteiger partial charge < -0.3 is 10.1 Å². The first-order valence-electron chi connectivity index (χ1n) is 7.75. The minimum Gasteiger partial charge on any atom is -0.373 e. The van der Waals surface area contributed by atoms with Crippen LogP contribution in [-0.2, 0) is 9.53 Å². The van der Waals surface area contributed by atoms with Crippen molar-refractivity contribution in [2.45, 2.75) is 36.5 Å². The van der Waals surface area contributed by atoms with Gasteiger partial charge in [-0.15, -0.1) is 11.8 Å². The molecule has 2 atom stereocenters. The molecule has 1 aromatic rings. The maximum absolute atomic E-state index is 12.4. The maximum Gasteiger partial charge on any atom is 0.236 e. The predicted molar refractivity (Wildman–Crippen MR) is 86.3 cm³/mol. The lowest BCUT2D eigenvalue weighted by molar-refractivity contribution is -0.125. The molecule has 1 saturated carbocycles. The molecule has 4 heteroatoms. The van der Waals surface area contributed by atoms with Crippen LogP contribution in [0.2, 0.25) is 0 Å². The molecule has 21 heavy (non-hydrogen) atoms. The van der Waals surface area contributed by atoms with Gasteiger partial charge in [0.1, 0.15) is 0 Å². The Labute approximate surface area is 130 Å². The van der Waals surface area contributed by atoms with E-state index in [0.29, 0.717) is 5.92 Å². The highest BCUT2D eigenvalue weighted by Gasteiger charge is 2.43. The van der Waals surface area contributed by atoms with E-state index >= 15 is 0 Å². The van der Waals surface area contributed by atoms with E-state index in [9.17, 15) is 4.79 Å². The summed E-state index contributed by atoms with van der Waals surface area (Å²) in [6.45, 7) is 1.51. The number of amides is 1. The molecule has 0 bridgehead atoms. The van der Waals surface area contributed by atoms with Crippen LogP contribution in [0.1, 0.15) is 37.4 Å². The number of benzene rings is 1. The lowest BCUT2D eigenvalue weighted by Gasteiger charge is -2.38. The average molecular weight is 305 g/mol. The van der Waals surface area contributed by atoms with Gasteiger partial charge in [0, 0.05) is 19.1 Å². The number of carbonyl (C=O) groups excluding carboxylic acids is 1. The monoisotopic (exact) mass is 305 g/mol. The van der Waals surface area contributed by atoms with E-state index in [1.807, 2.05) is 24.5 Å². The van der Waals surface area contributed by atoms with Crippen molar-refractivity contribution in [3.63, 3.8) is 0 Å². The van der Waals surface area contributed by atoms with E-state index in [1.54, 1.807) is 11.8 Å². The van der Waals surface area contributed by atoms with Crippen molar-refractivity contribution in [1.29, 1.82) is 0 Å². The molecule has 1 N–H and O–H groups in total. The number of carbonyl (C=O) groups is 1. The largest absolute Gasteiger partial charge is 0.373 e. The topological polar surface area (TPSA) is 38.3 Å². The highest BCUT2D eigenvalue weighted by molar-refractivity contribution is 8.00. The van der Waals surface area contributed by atoms with Crippen LogP contribution in [-0.4, -0.2) is 30.1 Å². The molecule has 114 valence electrons. The van der Waals surface area contributed by atoms with Gasteiger partial charge in [0.25, 0.3) is 0 Å². The Kier molecular flexibility index (Phi) is 4.55. The molecule has 1 heterocycles. The minimum absolute atomic E-state index is 0.123. The standard InChI is InChI=1S/C17H23NO2S/c1-21-17(9-5-10-17)16(19)18-12-14-8-11-20-15(14)13-6-3-2-4-7-13/h2-4,6-7,14-15H,5,8-12H2,1H3,(H,18,19)/t14-,15-/m0/s1. The number of hydrogen-bond acceptors (Lipinski definition) is 3. The summed E-state index contributed by atoms with van der Waals surface area (Å²) in [5, 5.41) is 3.18. The quantitative estimate of drug-likeness (QED) is 0.908. The van der Waals surface area contributed by atoms with Crippen molar-refractivity contribution in [3.05, 3.63) is 35.9 Å².